The molecule has 12 aromatic rings. The lowest BCUT2D eigenvalue weighted by Crippen LogP contribution is -2.00. The smallest absolute Gasteiger partial charge is 0.164 e. The van der Waals surface area contributed by atoms with Gasteiger partial charge in [0.1, 0.15) is 22.3 Å². The van der Waals surface area contributed by atoms with Gasteiger partial charge in [0.15, 0.2) is 17.5 Å². The Balaban J connectivity index is 1.04. The molecule has 0 radical (unpaired) electrons. The Morgan fingerprint density at radius 3 is 1.65 bits per heavy atom. The fraction of sp³-hybridized carbons (Fsp3) is 0. The van der Waals surface area contributed by atoms with E-state index in [0.717, 1.165) is 77.3 Å². The van der Waals surface area contributed by atoms with Crippen molar-refractivity contribution in [2.75, 3.05) is 0 Å². The SMILES string of the molecule is c1ccc(-c2cccc3oc4cc(-c5nc(-c6cccc(-c7cccc8sc9ccccc9c78)c6)nc(-c6ccc7c(c6)oc6ccccc67)n5)ccc4c23)cc1. The van der Waals surface area contributed by atoms with Gasteiger partial charge in [0.25, 0.3) is 0 Å². The minimum absolute atomic E-state index is 0.557. The van der Waals surface area contributed by atoms with Crippen LogP contribution in [-0.2, 0) is 0 Å². The Morgan fingerprint density at radius 1 is 0.316 bits per heavy atom. The van der Waals surface area contributed by atoms with Gasteiger partial charge in [-0.1, -0.05) is 121 Å². The third-order valence-electron chi connectivity index (χ3n) is 10.9. The minimum atomic E-state index is 0.557. The molecule has 5 nitrogen and oxygen atoms in total. The zero-order chi connectivity index (χ0) is 37.5. The van der Waals surface area contributed by atoms with Crippen molar-refractivity contribution in [1.29, 1.82) is 0 Å². The van der Waals surface area contributed by atoms with E-state index >= 15 is 0 Å². The molecular weight excluding hydrogens is 719 g/mol. The van der Waals surface area contributed by atoms with Crippen LogP contribution in [0.15, 0.2) is 185 Å². The van der Waals surface area contributed by atoms with Crippen LogP contribution < -0.4 is 0 Å². The van der Waals surface area contributed by atoms with Crippen LogP contribution in [0.4, 0.5) is 0 Å². The molecule has 0 aliphatic carbocycles. The predicted molar refractivity (Wildman–Crippen MR) is 234 cm³/mol. The third-order valence-corrected chi connectivity index (χ3v) is 12.1. The molecule has 0 fully saturated rings. The third kappa shape index (κ3) is 5.19. The number of fused-ring (bicyclic) bond motifs is 9. The Kier molecular flexibility index (Phi) is 7.03. The van der Waals surface area contributed by atoms with Crippen LogP contribution in [0.5, 0.6) is 0 Å². The summed E-state index contributed by atoms with van der Waals surface area (Å²) in [5.41, 5.74) is 10.4. The summed E-state index contributed by atoms with van der Waals surface area (Å²) < 4.78 is 15.4. The largest absolute Gasteiger partial charge is 0.456 e. The average Bonchev–Trinajstić information content (AvgIpc) is 3.97. The monoisotopic (exact) mass is 747 g/mol. The van der Waals surface area contributed by atoms with Crippen molar-refractivity contribution in [3.05, 3.63) is 176 Å². The summed E-state index contributed by atoms with van der Waals surface area (Å²) in [6, 6.07) is 61.0. The van der Waals surface area contributed by atoms with Crippen LogP contribution in [0.25, 0.3) is 120 Å². The average molecular weight is 748 g/mol. The normalized spacial score (nSPS) is 11.9. The van der Waals surface area contributed by atoms with E-state index < -0.39 is 0 Å². The maximum Gasteiger partial charge on any atom is 0.164 e. The number of rotatable bonds is 5. The molecular formula is C51H29N3O2S. The van der Waals surface area contributed by atoms with Crippen LogP contribution >= 0.6 is 11.3 Å². The van der Waals surface area contributed by atoms with Crippen molar-refractivity contribution in [1.82, 2.24) is 15.0 Å². The van der Waals surface area contributed by atoms with Crippen molar-refractivity contribution < 1.29 is 8.83 Å². The van der Waals surface area contributed by atoms with Crippen LogP contribution in [0, 0.1) is 0 Å². The minimum Gasteiger partial charge on any atom is -0.456 e. The lowest BCUT2D eigenvalue weighted by molar-refractivity contribution is 0.668. The Morgan fingerprint density at radius 2 is 0.842 bits per heavy atom. The van der Waals surface area contributed by atoms with E-state index in [0.29, 0.717) is 17.5 Å². The molecule has 0 amide bonds. The summed E-state index contributed by atoms with van der Waals surface area (Å²) in [6.45, 7) is 0. The summed E-state index contributed by atoms with van der Waals surface area (Å²) in [5, 5.41) is 6.79. The van der Waals surface area contributed by atoms with Gasteiger partial charge in [-0.2, -0.15) is 0 Å². The van der Waals surface area contributed by atoms with Gasteiger partial charge in [0.05, 0.1) is 0 Å². The standard InChI is InChI=1S/C51H29N3O2S/c1-2-11-30(12-3-1)35-17-9-20-42-47(35)39-26-24-34(29-44(39)56-42)51-53-49(52-50(54-51)33-23-25-38-37-15-4-6-19-41(37)55-43(38)28-33)32-14-8-13-31(27-32)36-18-10-22-46-48(36)40-16-5-7-21-45(40)57-46/h1-29H. The summed E-state index contributed by atoms with van der Waals surface area (Å²) >= 11 is 1.83. The number of para-hydroxylation sites is 1. The van der Waals surface area contributed by atoms with Crippen molar-refractivity contribution in [3.8, 4) is 56.4 Å². The molecule has 4 heterocycles. The first-order valence-electron chi connectivity index (χ1n) is 18.9. The molecule has 266 valence electrons. The maximum atomic E-state index is 6.52. The molecule has 8 aromatic carbocycles. The fourth-order valence-electron chi connectivity index (χ4n) is 8.29. The quantitative estimate of drug-likeness (QED) is 0.175. The number of aromatic nitrogens is 3. The number of thiophene rings is 1. The molecule has 4 aromatic heterocycles. The highest BCUT2D eigenvalue weighted by atomic mass is 32.1. The molecule has 0 saturated carbocycles. The Bertz CT molecular complexity index is 3540. The first-order valence-corrected chi connectivity index (χ1v) is 19.7. The summed E-state index contributed by atoms with van der Waals surface area (Å²) in [4.78, 5) is 15.5. The highest BCUT2D eigenvalue weighted by molar-refractivity contribution is 7.25. The second-order valence-electron chi connectivity index (χ2n) is 14.3. The molecule has 0 saturated heterocycles. The summed E-state index contributed by atoms with van der Waals surface area (Å²) in [5.74, 6) is 1.70. The van der Waals surface area contributed by atoms with Gasteiger partial charge in [-0.3, -0.25) is 0 Å². The highest BCUT2D eigenvalue weighted by Gasteiger charge is 2.19. The second kappa shape index (κ2) is 12.6. The van der Waals surface area contributed by atoms with Gasteiger partial charge >= 0.3 is 0 Å². The molecule has 0 aliphatic heterocycles. The summed E-state index contributed by atoms with van der Waals surface area (Å²) in [7, 11) is 0. The van der Waals surface area contributed by atoms with Gasteiger partial charge in [-0.25, -0.2) is 15.0 Å². The first-order chi connectivity index (χ1) is 28.2. The maximum absolute atomic E-state index is 6.52. The molecule has 57 heavy (non-hydrogen) atoms. The zero-order valence-electron chi connectivity index (χ0n) is 30.3. The first kappa shape index (κ1) is 31.9. The van der Waals surface area contributed by atoms with Gasteiger partial charge < -0.3 is 8.83 Å². The van der Waals surface area contributed by atoms with E-state index in [1.54, 1.807) is 0 Å². The molecule has 0 N–H and O–H groups in total. The van der Waals surface area contributed by atoms with Gasteiger partial charge in [0, 0.05) is 58.4 Å². The number of furan rings is 2. The number of hydrogen-bond acceptors (Lipinski definition) is 6. The number of nitrogens with zero attached hydrogens (tertiary/aromatic N) is 3. The Labute approximate surface area is 330 Å². The lowest BCUT2D eigenvalue weighted by Gasteiger charge is -2.10. The number of hydrogen-bond donors (Lipinski definition) is 0. The zero-order valence-corrected chi connectivity index (χ0v) is 31.1. The van der Waals surface area contributed by atoms with E-state index in [-0.39, 0.29) is 0 Å². The molecule has 0 spiro atoms. The second-order valence-corrected chi connectivity index (χ2v) is 15.4. The number of benzene rings is 8. The van der Waals surface area contributed by atoms with Crippen LogP contribution in [-0.4, -0.2) is 15.0 Å². The van der Waals surface area contributed by atoms with Crippen molar-refractivity contribution in [2.24, 2.45) is 0 Å². The van der Waals surface area contributed by atoms with Crippen LogP contribution in [0.2, 0.25) is 0 Å². The van der Waals surface area contributed by atoms with E-state index in [2.05, 4.69) is 127 Å². The molecule has 6 heteroatoms. The molecule has 0 unspecified atom stereocenters. The fourth-order valence-corrected chi connectivity index (χ4v) is 9.42. The van der Waals surface area contributed by atoms with Crippen LogP contribution in [0.1, 0.15) is 0 Å². The molecule has 0 bridgehead atoms. The topological polar surface area (TPSA) is 65.0 Å². The van der Waals surface area contributed by atoms with E-state index in [1.165, 1.54) is 25.7 Å². The van der Waals surface area contributed by atoms with E-state index in [1.807, 2.05) is 59.9 Å². The molecule has 0 atom stereocenters. The molecule has 12 rings (SSSR count). The van der Waals surface area contributed by atoms with Crippen molar-refractivity contribution in [3.63, 3.8) is 0 Å². The van der Waals surface area contributed by atoms with E-state index in [4.69, 9.17) is 23.8 Å². The van der Waals surface area contributed by atoms with Gasteiger partial charge in [-0.15, -0.1) is 11.3 Å². The highest BCUT2D eigenvalue weighted by Crippen LogP contribution is 2.42. The Hall–Kier alpha value is -7.41. The van der Waals surface area contributed by atoms with Crippen LogP contribution in [0.3, 0.4) is 0 Å². The van der Waals surface area contributed by atoms with Gasteiger partial charge in [-0.05, 0) is 76.9 Å². The van der Waals surface area contributed by atoms with Crippen molar-refractivity contribution in [2.45, 2.75) is 0 Å². The lowest BCUT2D eigenvalue weighted by atomic mass is 9.98. The predicted octanol–water partition coefficient (Wildman–Crippen LogP) is 14.4. The van der Waals surface area contributed by atoms with E-state index in [9.17, 15) is 0 Å². The molecule has 0 aliphatic rings. The van der Waals surface area contributed by atoms with Gasteiger partial charge in [0.2, 0.25) is 0 Å². The summed E-state index contributed by atoms with van der Waals surface area (Å²) in [6.07, 6.45) is 0. The van der Waals surface area contributed by atoms with Crippen molar-refractivity contribution >= 4 is 75.4 Å².